The van der Waals surface area contributed by atoms with E-state index in [1.807, 2.05) is 18.2 Å². The summed E-state index contributed by atoms with van der Waals surface area (Å²) in [6.45, 7) is 4.10. The molecule has 0 unspecified atom stereocenters. The zero-order chi connectivity index (χ0) is 11.2. The maximum absolute atomic E-state index is 8.94. The largest absolute Gasteiger partial charge is 0.314 e. The van der Waals surface area contributed by atoms with Crippen molar-refractivity contribution in [2.45, 2.75) is 12.5 Å². The first kappa shape index (κ1) is 17.2. The van der Waals surface area contributed by atoms with Crippen LogP contribution in [-0.2, 0) is 0 Å². The summed E-state index contributed by atoms with van der Waals surface area (Å²) in [5, 5.41) is 12.3. The molecular formula is C13H19Cl2N3. The molecule has 0 amide bonds. The summed E-state index contributed by atoms with van der Waals surface area (Å²) in [4.78, 5) is 2.40. The number of rotatable bonds is 3. The molecule has 1 aromatic carbocycles. The molecular weight excluding hydrogens is 269 g/mol. The van der Waals surface area contributed by atoms with Gasteiger partial charge >= 0.3 is 0 Å². The Labute approximate surface area is 121 Å². The Hall–Kier alpha value is -0.790. The van der Waals surface area contributed by atoms with Crippen LogP contribution in [0.3, 0.4) is 0 Å². The molecule has 18 heavy (non-hydrogen) atoms. The molecule has 1 aliphatic rings. The molecule has 0 bridgehead atoms. The molecule has 0 spiro atoms. The van der Waals surface area contributed by atoms with E-state index >= 15 is 0 Å². The molecule has 1 aromatic rings. The van der Waals surface area contributed by atoms with Gasteiger partial charge in [0.1, 0.15) is 0 Å². The Balaban J connectivity index is 0.00000144. The van der Waals surface area contributed by atoms with Crippen LogP contribution in [0.25, 0.3) is 0 Å². The van der Waals surface area contributed by atoms with Gasteiger partial charge in [0.2, 0.25) is 0 Å². The summed E-state index contributed by atoms with van der Waals surface area (Å²) < 4.78 is 0. The summed E-state index contributed by atoms with van der Waals surface area (Å²) in [5.74, 6) is 0. The Morgan fingerprint density at radius 2 is 1.78 bits per heavy atom. The number of hydrogen-bond donors (Lipinski definition) is 1. The maximum Gasteiger partial charge on any atom is 0.0641 e. The van der Waals surface area contributed by atoms with E-state index in [-0.39, 0.29) is 30.9 Å². The predicted octanol–water partition coefficient (Wildman–Crippen LogP) is 2.39. The number of benzene rings is 1. The maximum atomic E-state index is 8.94. The predicted molar refractivity (Wildman–Crippen MR) is 78.4 cm³/mol. The number of nitrogens with zero attached hydrogens (tertiary/aromatic N) is 2. The van der Waals surface area contributed by atoms with Gasteiger partial charge in [-0.3, -0.25) is 4.90 Å². The Kier molecular flexibility index (Phi) is 8.78. The lowest BCUT2D eigenvalue weighted by Gasteiger charge is -2.34. The second kappa shape index (κ2) is 9.18. The Morgan fingerprint density at radius 1 is 1.17 bits per heavy atom. The second-order valence-corrected chi connectivity index (χ2v) is 4.07. The normalized spacial score (nSPS) is 16.8. The number of nitriles is 1. The minimum Gasteiger partial charge on any atom is -0.314 e. The fourth-order valence-corrected chi connectivity index (χ4v) is 2.21. The van der Waals surface area contributed by atoms with E-state index in [4.69, 9.17) is 5.26 Å². The van der Waals surface area contributed by atoms with E-state index in [1.54, 1.807) is 0 Å². The summed E-state index contributed by atoms with van der Waals surface area (Å²) in [6.07, 6.45) is 0.573. The van der Waals surface area contributed by atoms with Crippen molar-refractivity contribution in [1.29, 1.82) is 5.26 Å². The van der Waals surface area contributed by atoms with Gasteiger partial charge in [-0.1, -0.05) is 30.3 Å². The Morgan fingerprint density at radius 3 is 2.33 bits per heavy atom. The van der Waals surface area contributed by atoms with Gasteiger partial charge in [0.05, 0.1) is 12.5 Å². The van der Waals surface area contributed by atoms with Gasteiger partial charge in [-0.25, -0.2) is 0 Å². The fraction of sp³-hybridized carbons (Fsp3) is 0.462. The van der Waals surface area contributed by atoms with Crippen molar-refractivity contribution < 1.29 is 0 Å². The van der Waals surface area contributed by atoms with Crippen molar-refractivity contribution >= 4 is 24.8 Å². The van der Waals surface area contributed by atoms with Crippen LogP contribution in [0.1, 0.15) is 18.0 Å². The van der Waals surface area contributed by atoms with Crippen molar-refractivity contribution in [1.82, 2.24) is 10.2 Å². The van der Waals surface area contributed by atoms with Crippen LogP contribution >= 0.6 is 24.8 Å². The monoisotopic (exact) mass is 287 g/mol. The van der Waals surface area contributed by atoms with Crippen molar-refractivity contribution in [3.63, 3.8) is 0 Å². The van der Waals surface area contributed by atoms with E-state index in [1.165, 1.54) is 5.56 Å². The lowest BCUT2D eigenvalue weighted by Crippen LogP contribution is -2.45. The third kappa shape index (κ3) is 4.47. The zero-order valence-electron chi connectivity index (χ0n) is 10.2. The third-order valence-electron chi connectivity index (χ3n) is 3.06. The molecule has 1 fully saturated rings. The van der Waals surface area contributed by atoms with Gasteiger partial charge in [0.25, 0.3) is 0 Å². The van der Waals surface area contributed by atoms with Crippen LogP contribution in [0, 0.1) is 11.3 Å². The van der Waals surface area contributed by atoms with E-state index in [0.29, 0.717) is 6.42 Å². The average molecular weight is 288 g/mol. The standard InChI is InChI=1S/C13H17N3.2ClH/c14-7-6-13(12-4-2-1-3-5-12)16-10-8-15-9-11-16;;/h1-5,13,15H,6,8-11H2;2*1H/t13-;;/m0../s1. The molecule has 5 heteroatoms. The first-order valence-electron chi connectivity index (χ1n) is 5.78. The first-order valence-corrected chi connectivity index (χ1v) is 5.78. The van der Waals surface area contributed by atoms with Crippen LogP contribution in [0.2, 0.25) is 0 Å². The molecule has 2 rings (SSSR count). The molecule has 1 saturated heterocycles. The third-order valence-corrected chi connectivity index (χ3v) is 3.06. The van der Waals surface area contributed by atoms with Crippen molar-refractivity contribution in [3.8, 4) is 6.07 Å². The number of nitrogens with one attached hydrogen (secondary N) is 1. The zero-order valence-corrected chi connectivity index (χ0v) is 11.8. The van der Waals surface area contributed by atoms with Gasteiger partial charge in [-0.15, -0.1) is 24.8 Å². The lowest BCUT2D eigenvalue weighted by molar-refractivity contribution is 0.175. The summed E-state index contributed by atoms with van der Waals surface area (Å²) in [7, 11) is 0. The molecule has 0 aromatic heterocycles. The van der Waals surface area contributed by atoms with Crippen molar-refractivity contribution in [2.24, 2.45) is 0 Å². The van der Waals surface area contributed by atoms with Gasteiger partial charge in [-0.2, -0.15) is 5.26 Å². The Bertz CT molecular complexity index is 358. The van der Waals surface area contributed by atoms with Gasteiger partial charge < -0.3 is 5.32 Å². The SMILES string of the molecule is Cl.Cl.N#CC[C@@H](c1ccccc1)N1CCNCC1. The van der Waals surface area contributed by atoms with Crippen molar-refractivity contribution in [3.05, 3.63) is 35.9 Å². The summed E-state index contributed by atoms with van der Waals surface area (Å²) in [6, 6.07) is 12.9. The smallest absolute Gasteiger partial charge is 0.0641 e. The minimum absolute atomic E-state index is 0. The van der Waals surface area contributed by atoms with Gasteiger partial charge in [0.15, 0.2) is 0 Å². The number of hydrogen-bond acceptors (Lipinski definition) is 3. The minimum atomic E-state index is 0. The van der Waals surface area contributed by atoms with Crippen LogP contribution in [-0.4, -0.2) is 31.1 Å². The van der Waals surface area contributed by atoms with E-state index in [9.17, 15) is 0 Å². The summed E-state index contributed by atoms with van der Waals surface area (Å²) >= 11 is 0. The fourth-order valence-electron chi connectivity index (χ4n) is 2.21. The molecule has 1 aliphatic heterocycles. The first-order chi connectivity index (χ1) is 7.92. The van der Waals surface area contributed by atoms with E-state index < -0.39 is 0 Å². The molecule has 1 atom stereocenters. The molecule has 3 nitrogen and oxygen atoms in total. The molecule has 1 heterocycles. The van der Waals surface area contributed by atoms with Gasteiger partial charge in [0, 0.05) is 32.2 Å². The number of piperazine rings is 1. The average Bonchev–Trinajstić information content (AvgIpc) is 2.38. The molecule has 0 aliphatic carbocycles. The lowest BCUT2D eigenvalue weighted by atomic mass is 10.0. The highest BCUT2D eigenvalue weighted by atomic mass is 35.5. The van der Waals surface area contributed by atoms with Crippen LogP contribution in [0.5, 0.6) is 0 Å². The molecule has 0 saturated carbocycles. The topological polar surface area (TPSA) is 39.1 Å². The molecule has 100 valence electrons. The quantitative estimate of drug-likeness (QED) is 0.928. The molecule has 1 N–H and O–H groups in total. The highest BCUT2D eigenvalue weighted by molar-refractivity contribution is 5.85. The summed E-state index contributed by atoms with van der Waals surface area (Å²) in [5.41, 5.74) is 1.26. The van der Waals surface area contributed by atoms with Crippen LogP contribution in [0.15, 0.2) is 30.3 Å². The van der Waals surface area contributed by atoms with E-state index in [2.05, 4.69) is 28.4 Å². The van der Waals surface area contributed by atoms with Crippen LogP contribution < -0.4 is 5.32 Å². The molecule has 0 radical (unpaired) electrons. The van der Waals surface area contributed by atoms with E-state index in [0.717, 1.165) is 26.2 Å². The van der Waals surface area contributed by atoms with Gasteiger partial charge in [-0.05, 0) is 5.56 Å². The second-order valence-electron chi connectivity index (χ2n) is 4.07. The van der Waals surface area contributed by atoms with Crippen molar-refractivity contribution in [2.75, 3.05) is 26.2 Å². The number of halogens is 2. The highest BCUT2D eigenvalue weighted by Gasteiger charge is 2.21. The van der Waals surface area contributed by atoms with Crippen LogP contribution in [0.4, 0.5) is 0 Å². The highest BCUT2D eigenvalue weighted by Crippen LogP contribution is 2.23.